The SMILES string of the molecule is O=C(O)[C@H]1CS[C@H](c2c(F)cccc2Cl)N1. The van der Waals surface area contributed by atoms with Gasteiger partial charge < -0.3 is 5.11 Å². The molecule has 16 heavy (non-hydrogen) atoms. The summed E-state index contributed by atoms with van der Waals surface area (Å²) in [5.74, 6) is -0.934. The Morgan fingerprint density at radius 1 is 1.62 bits per heavy atom. The number of nitrogens with one attached hydrogen (secondary N) is 1. The summed E-state index contributed by atoms with van der Waals surface area (Å²) in [6.45, 7) is 0. The molecule has 0 radical (unpaired) electrons. The Hall–Kier alpha value is -0.780. The number of aliphatic carboxylic acids is 1. The molecule has 0 amide bonds. The highest BCUT2D eigenvalue weighted by atomic mass is 35.5. The van der Waals surface area contributed by atoms with Gasteiger partial charge in [0, 0.05) is 16.3 Å². The summed E-state index contributed by atoms with van der Waals surface area (Å²) in [6.07, 6.45) is 0. The van der Waals surface area contributed by atoms with Gasteiger partial charge in [0.2, 0.25) is 0 Å². The minimum absolute atomic E-state index is 0.316. The highest BCUT2D eigenvalue weighted by Gasteiger charge is 2.32. The molecule has 1 aliphatic rings. The second-order valence-corrected chi connectivity index (χ2v) is 4.95. The number of halogens is 2. The fourth-order valence-corrected chi connectivity index (χ4v) is 3.17. The lowest BCUT2D eigenvalue weighted by atomic mass is 10.2. The van der Waals surface area contributed by atoms with Crippen LogP contribution in [0.3, 0.4) is 0 Å². The molecular formula is C10H9ClFNO2S. The first-order chi connectivity index (χ1) is 7.59. The van der Waals surface area contributed by atoms with E-state index in [0.717, 1.165) is 0 Å². The molecule has 1 aromatic carbocycles. The Morgan fingerprint density at radius 3 is 2.94 bits per heavy atom. The monoisotopic (exact) mass is 261 g/mol. The number of carboxylic acids is 1. The summed E-state index contributed by atoms with van der Waals surface area (Å²) in [4.78, 5) is 10.7. The molecule has 0 aliphatic carbocycles. The molecule has 1 aliphatic heterocycles. The van der Waals surface area contributed by atoms with E-state index in [1.165, 1.54) is 23.9 Å². The van der Waals surface area contributed by atoms with Crippen LogP contribution in [-0.2, 0) is 4.79 Å². The van der Waals surface area contributed by atoms with Crippen LogP contribution in [0.25, 0.3) is 0 Å². The van der Waals surface area contributed by atoms with Crippen molar-refractivity contribution in [2.24, 2.45) is 0 Å². The normalized spacial score (nSPS) is 24.6. The van der Waals surface area contributed by atoms with Crippen molar-refractivity contribution >= 4 is 29.3 Å². The standard InChI is InChI=1S/C10H9ClFNO2S/c11-5-2-1-3-6(12)8(5)9-13-7(4-16-9)10(14)15/h1-3,7,9,13H,4H2,(H,14,15)/t7-,9-/m1/s1. The molecule has 1 heterocycles. The first kappa shape index (κ1) is 11.7. The quantitative estimate of drug-likeness (QED) is 0.858. The Bertz CT molecular complexity index is 409. The molecule has 0 aromatic heterocycles. The van der Waals surface area contributed by atoms with Crippen molar-refractivity contribution in [1.82, 2.24) is 5.32 Å². The number of hydrogen-bond acceptors (Lipinski definition) is 3. The van der Waals surface area contributed by atoms with E-state index in [0.29, 0.717) is 16.3 Å². The van der Waals surface area contributed by atoms with E-state index in [1.807, 2.05) is 0 Å². The van der Waals surface area contributed by atoms with Gasteiger partial charge in [0.1, 0.15) is 11.9 Å². The third-order valence-corrected chi connectivity index (χ3v) is 3.90. The van der Waals surface area contributed by atoms with Crippen LogP contribution in [0.1, 0.15) is 10.9 Å². The molecule has 6 heteroatoms. The third-order valence-electron chi connectivity index (χ3n) is 2.34. The Kier molecular flexibility index (Phi) is 3.37. The van der Waals surface area contributed by atoms with Gasteiger partial charge in [-0.05, 0) is 12.1 Å². The van der Waals surface area contributed by atoms with E-state index >= 15 is 0 Å². The van der Waals surface area contributed by atoms with Crippen molar-refractivity contribution in [2.75, 3.05) is 5.75 Å². The average molecular weight is 262 g/mol. The minimum Gasteiger partial charge on any atom is -0.480 e. The van der Waals surface area contributed by atoms with Crippen LogP contribution in [0.4, 0.5) is 4.39 Å². The van der Waals surface area contributed by atoms with Crippen LogP contribution in [0.15, 0.2) is 18.2 Å². The van der Waals surface area contributed by atoms with Gasteiger partial charge in [0.05, 0.1) is 5.37 Å². The molecule has 2 atom stereocenters. The maximum atomic E-state index is 13.5. The van der Waals surface area contributed by atoms with E-state index in [-0.39, 0.29) is 0 Å². The number of carboxylic acid groups (broad SMARTS) is 1. The van der Waals surface area contributed by atoms with Crippen molar-refractivity contribution in [3.8, 4) is 0 Å². The molecule has 0 spiro atoms. The van der Waals surface area contributed by atoms with E-state index in [4.69, 9.17) is 16.7 Å². The predicted octanol–water partition coefficient (Wildman–Crippen LogP) is 2.27. The molecule has 3 nitrogen and oxygen atoms in total. The fourth-order valence-electron chi connectivity index (χ4n) is 1.54. The Morgan fingerprint density at radius 2 is 2.38 bits per heavy atom. The van der Waals surface area contributed by atoms with Crippen LogP contribution < -0.4 is 5.32 Å². The van der Waals surface area contributed by atoms with Gasteiger partial charge in [-0.15, -0.1) is 11.8 Å². The number of rotatable bonds is 2. The Balaban J connectivity index is 2.24. The minimum atomic E-state index is -0.928. The summed E-state index contributed by atoms with van der Waals surface area (Å²) < 4.78 is 13.5. The van der Waals surface area contributed by atoms with Crippen LogP contribution in [-0.4, -0.2) is 22.9 Å². The summed E-state index contributed by atoms with van der Waals surface area (Å²) in [5, 5.41) is 11.6. The van der Waals surface area contributed by atoms with Crippen molar-refractivity contribution in [1.29, 1.82) is 0 Å². The molecule has 0 unspecified atom stereocenters. The first-order valence-electron chi connectivity index (χ1n) is 4.64. The number of carbonyl (C=O) groups is 1. The predicted molar refractivity (Wildman–Crippen MR) is 61.2 cm³/mol. The zero-order valence-corrected chi connectivity index (χ0v) is 9.69. The molecule has 86 valence electrons. The van der Waals surface area contributed by atoms with Crippen LogP contribution in [0.5, 0.6) is 0 Å². The summed E-state index contributed by atoms with van der Waals surface area (Å²) >= 11 is 7.24. The molecule has 2 rings (SSSR count). The van der Waals surface area contributed by atoms with Crippen molar-refractivity contribution in [2.45, 2.75) is 11.4 Å². The topological polar surface area (TPSA) is 49.3 Å². The molecular weight excluding hydrogens is 253 g/mol. The third kappa shape index (κ3) is 2.16. The van der Waals surface area contributed by atoms with Crippen molar-refractivity contribution in [3.63, 3.8) is 0 Å². The summed E-state index contributed by atoms with van der Waals surface area (Å²) in [6, 6.07) is 3.79. The molecule has 0 saturated carbocycles. The number of thioether (sulfide) groups is 1. The maximum Gasteiger partial charge on any atom is 0.321 e. The van der Waals surface area contributed by atoms with Crippen molar-refractivity contribution < 1.29 is 14.3 Å². The second kappa shape index (κ2) is 4.61. The summed E-state index contributed by atoms with van der Waals surface area (Å²) in [7, 11) is 0. The van der Waals surface area contributed by atoms with E-state index in [1.54, 1.807) is 6.07 Å². The van der Waals surface area contributed by atoms with Gasteiger partial charge in [-0.2, -0.15) is 0 Å². The Labute approximate surface area is 101 Å². The number of benzene rings is 1. The van der Waals surface area contributed by atoms with Gasteiger partial charge >= 0.3 is 5.97 Å². The molecule has 2 N–H and O–H groups in total. The maximum absolute atomic E-state index is 13.5. The van der Waals surface area contributed by atoms with E-state index in [2.05, 4.69) is 5.32 Å². The van der Waals surface area contributed by atoms with Gasteiger partial charge in [-0.1, -0.05) is 17.7 Å². The second-order valence-electron chi connectivity index (χ2n) is 3.41. The largest absolute Gasteiger partial charge is 0.480 e. The number of hydrogen-bond donors (Lipinski definition) is 2. The smallest absolute Gasteiger partial charge is 0.321 e. The van der Waals surface area contributed by atoms with Gasteiger partial charge in [0.25, 0.3) is 0 Å². The lowest BCUT2D eigenvalue weighted by molar-refractivity contribution is -0.138. The highest BCUT2D eigenvalue weighted by Crippen LogP contribution is 2.37. The zero-order valence-electron chi connectivity index (χ0n) is 8.11. The lowest BCUT2D eigenvalue weighted by Crippen LogP contribution is -2.33. The van der Waals surface area contributed by atoms with Gasteiger partial charge in [-0.25, -0.2) is 4.39 Å². The summed E-state index contributed by atoms with van der Waals surface area (Å²) in [5.41, 5.74) is 0.331. The van der Waals surface area contributed by atoms with Gasteiger partial charge in [0.15, 0.2) is 0 Å². The average Bonchev–Trinajstić information content (AvgIpc) is 2.66. The fraction of sp³-hybridized carbons (Fsp3) is 0.300. The van der Waals surface area contributed by atoms with Crippen LogP contribution in [0, 0.1) is 5.82 Å². The molecule has 1 aromatic rings. The van der Waals surface area contributed by atoms with Crippen molar-refractivity contribution in [3.05, 3.63) is 34.6 Å². The van der Waals surface area contributed by atoms with Crippen LogP contribution in [0.2, 0.25) is 5.02 Å². The van der Waals surface area contributed by atoms with Gasteiger partial charge in [-0.3, -0.25) is 10.1 Å². The molecule has 0 bridgehead atoms. The highest BCUT2D eigenvalue weighted by molar-refractivity contribution is 7.99. The lowest BCUT2D eigenvalue weighted by Gasteiger charge is -2.13. The zero-order chi connectivity index (χ0) is 11.7. The van der Waals surface area contributed by atoms with E-state index in [9.17, 15) is 9.18 Å². The molecule has 1 fully saturated rings. The first-order valence-corrected chi connectivity index (χ1v) is 6.06. The van der Waals surface area contributed by atoms with Crippen LogP contribution >= 0.6 is 23.4 Å². The molecule has 1 saturated heterocycles. The van der Waals surface area contributed by atoms with E-state index < -0.39 is 23.2 Å².